The fourth-order valence-corrected chi connectivity index (χ4v) is 3.37. The minimum absolute atomic E-state index is 0.0685. The second-order valence-electron chi connectivity index (χ2n) is 6.55. The average Bonchev–Trinajstić information content (AvgIpc) is 2.47. The Bertz CT molecular complexity index is 480. The molecule has 0 aromatic heterocycles. The van der Waals surface area contributed by atoms with Gasteiger partial charge in [0.2, 0.25) is 0 Å². The van der Waals surface area contributed by atoms with E-state index in [-0.39, 0.29) is 18.5 Å². The van der Waals surface area contributed by atoms with Crippen molar-refractivity contribution in [2.75, 3.05) is 26.7 Å². The van der Waals surface area contributed by atoms with E-state index in [1.54, 1.807) is 11.9 Å². The van der Waals surface area contributed by atoms with Gasteiger partial charge < -0.3 is 10.0 Å². The van der Waals surface area contributed by atoms with Gasteiger partial charge in [-0.2, -0.15) is 13.2 Å². The normalized spacial score (nSPS) is 24.8. The predicted molar refractivity (Wildman–Crippen MR) is 84.0 cm³/mol. The number of halogens is 3. The molecular formula is C17H25F3N2O. The van der Waals surface area contributed by atoms with Crippen LogP contribution >= 0.6 is 0 Å². The van der Waals surface area contributed by atoms with Crippen molar-refractivity contribution in [3.8, 4) is 0 Å². The van der Waals surface area contributed by atoms with Crippen LogP contribution in [0.4, 0.5) is 13.2 Å². The highest BCUT2D eigenvalue weighted by Gasteiger charge is 2.40. The van der Waals surface area contributed by atoms with E-state index in [4.69, 9.17) is 0 Å². The molecule has 6 heteroatoms. The van der Waals surface area contributed by atoms with Crippen LogP contribution in [0.1, 0.15) is 18.9 Å². The molecule has 3 nitrogen and oxygen atoms in total. The molecule has 1 fully saturated rings. The molecule has 1 aliphatic rings. The quantitative estimate of drug-likeness (QED) is 0.899. The number of likely N-dealkylation sites (tertiary alicyclic amines) is 1. The van der Waals surface area contributed by atoms with Crippen LogP contribution in [0.15, 0.2) is 30.3 Å². The van der Waals surface area contributed by atoms with Gasteiger partial charge in [-0.05, 0) is 31.5 Å². The van der Waals surface area contributed by atoms with Gasteiger partial charge in [-0.25, -0.2) is 0 Å². The van der Waals surface area contributed by atoms with Gasteiger partial charge in [0.05, 0.1) is 0 Å². The summed E-state index contributed by atoms with van der Waals surface area (Å²) < 4.78 is 37.5. The Morgan fingerprint density at radius 3 is 2.52 bits per heavy atom. The standard InChI is InChI=1S/C17H25F3N2O/c1-13-10-22(11-14-6-4-3-5-7-14)9-8-15(13)21(2)12-16(23)17(18,19)20/h3-7,13,15-16,23H,8-12H2,1-2H3. The molecule has 1 aromatic carbocycles. The summed E-state index contributed by atoms with van der Waals surface area (Å²) in [6, 6.07) is 10.2. The summed E-state index contributed by atoms with van der Waals surface area (Å²) in [5, 5.41) is 9.24. The summed E-state index contributed by atoms with van der Waals surface area (Å²) in [4.78, 5) is 3.99. The molecule has 3 unspecified atom stereocenters. The number of aliphatic hydroxyl groups excluding tert-OH is 1. The lowest BCUT2D eigenvalue weighted by atomic mass is 9.92. The summed E-state index contributed by atoms with van der Waals surface area (Å²) in [6.45, 7) is 4.28. The highest BCUT2D eigenvalue weighted by Crippen LogP contribution is 2.25. The molecule has 1 aliphatic heterocycles. The lowest BCUT2D eigenvalue weighted by molar-refractivity contribution is -0.209. The predicted octanol–water partition coefficient (Wildman–Crippen LogP) is 2.75. The van der Waals surface area contributed by atoms with Gasteiger partial charge in [0.15, 0.2) is 6.10 Å². The van der Waals surface area contributed by atoms with E-state index >= 15 is 0 Å². The second-order valence-corrected chi connectivity index (χ2v) is 6.55. The smallest absolute Gasteiger partial charge is 0.382 e. The van der Waals surface area contributed by atoms with Crippen LogP contribution in [0.5, 0.6) is 0 Å². The summed E-state index contributed by atoms with van der Waals surface area (Å²) >= 11 is 0. The molecule has 1 N–H and O–H groups in total. The van der Waals surface area contributed by atoms with Gasteiger partial charge in [0.1, 0.15) is 0 Å². The molecule has 0 spiro atoms. The first-order valence-corrected chi connectivity index (χ1v) is 7.98. The fourth-order valence-electron chi connectivity index (χ4n) is 3.37. The highest BCUT2D eigenvalue weighted by molar-refractivity contribution is 5.14. The van der Waals surface area contributed by atoms with E-state index in [1.807, 2.05) is 18.2 Å². The first kappa shape index (κ1) is 18.2. The van der Waals surface area contributed by atoms with Crippen molar-refractivity contribution in [2.45, 2.75) is 38.2 Å². The number of nitrogens with zero attached hydrogens (tertiary/aromatic N) is 2. The third-order valence-electron chi connectivity index (χ3n) is 4.60. The summed E-state index contributed by atoms with van der Waals surface area (Å²) in [6.07, 6.45) is -6.01. The molecule has 0 saturated carbocycles. The van der Waals surface area contributed by atoms with Gasteiger partial charge >= 0.3 is 6.18 Å². The average molecular weight is 330 g/mol. The summed E-state index contributed by atoms with van der Waals surface area (Å²) in [5.41, 5.74) is 1.25. The third-order valence-corrected chi connectivity index (χ3v) is 4.60. The van der Waals surface area contributed by atoms with Crippen LogP contribution in [0.2, 0.25) is 0 Å². The van der Waals surface area contributed by atoms with Crippen molar-refractivity contribution in [2.24, 2.45) is 5.92 Å². The molecule has 23 heavy (non-hydrogen) atoms. The zero-order valence-corrected chi connectivity index (χ0v) is 13.6. The Kier molecular flexibility index (Phi) is 6.06. The van der Waals surface area contributed by atoms with Crippen LogP contribution in [0, 0.1) is 5.92 Å². The van der Waals surface area contributed by atoms with E-state index in [2.05, 4.69) is 24.0 Å². The lowest BCUT2D eigenvalue weighted by Crippen LogP contribution is -2.51. The zero-order chi connectivity index (χ0) is 17.0. The molecule has 0 radical (unpaired) electrons. The first-order chi connectivity index (χ1) is 10.8. The Labute approximate surface area is 135 Å². The van der Waals surface area contributed by atoms with Crippen molar-refractivity contribution in [1.82, 2.24) is 9.80 Å². The molecule has 0 bridgehead atoms. The molecule has 1 heterocycles. The van der Waals surface area contributed by atoms with Gasteiger partial charge in [-0.1, -0.05) is 37.3 Å². The van der Waals surface area contributed by atoms with Gasteiger partial charge in [0, 0.05) is 25.7 Å². The Morgan fingerprint density at radius 2 is 1.96 bits per heavy atom. The fraction of sp³-hybridized carbons (Fsp3) is 0.647. The molecule has 0 amide bonds. The second kappa shape index (κ2) is 7.64. The maximum atomic E-state index is 12.5. The monoisotopic (exact) mass is 330 g/mol. The minimum Gasteiger partial charge on any atom is -0.382 e. The number of benzene rings is 1. The Balaban J connectivity index is 1.86. The highest BCUT2D eigenvalue weighted by atomic mass is 19.4. The van der Waals surface area contributed by atoms with Crippen LogP contribution in [0.25, 0.3) is 0 Å². The van der Waals surface area contributed by atoms with Crippen LogP contribution in [-0.4, -0.2) is 59.9 Å². The number of alkyl halides is 3. The topological polar surface area (TPSA) is 26.7 Å². The summed E-state index contributed by atoms with van der Waals surface area (Å²) in [5.74, 6) is 0.262. The Morgan fingerprint density at radius 1 is 1.30 bits per heavy atom. The molecule has 1 aromatic rings. The van der Waals surface area contributed by atoms with Gasteiger partial charge in [-0.3, -0.25) is 4.90 Å². The summed E-state index contributed by atoms with van der Waals surface area (Å²) in [7, 11) is 1.67. The van der Waals surface area contributed by atoms with Crippen molar-refractivity contribution >= 4 is 0 Å². The van der Waals surface area contributed by atoms with E-state index in [0.29, 0.717) is 0 Å². The number of hydrogen-bond donors (Lipinski definition) is 1. The lowest BCUT2D eigenvalue weighted by Gasteiger charge is -2.42. The van der Waals surface area contributed by atoms with E-state index in [1.165, 1.54) is 5.56 Å². The van der Waals surface area contributed by atoms with Crippen LogP contribution < -0.4 is 0 Å². The SMILES string of the molecule is CC1CN(Cc2ccccc2)CCC1N(C)CC(O)C(F)(F)F. The molecular weight excluding hydrogens is 305 g/mol. The van der Waals surface area contributed by atoms with Crippen LogP contribution in [-0.2, 0) is 6.54 Å². The number of likely N-dealkylation sites (N-methyl/N-ethyl adjacent to an activating group) is 1. The third kappa shape index (κ3) is 5.19. The first-order valence-electron chi connectivity index (χ1n) is 7.98. The van der Waals surface area contributed by atoms with Crippen molar-refractivity contribution in [3.05, 3.63) is 35.9 Å². The van der Waals surface area contributed by atoms with Crippen molar-refractivity contribution < 1.29 is 18.3 Å². The molecule has 3 atom stereocenters. The molecule has 2 rings (SSSR count). The maximum absolute atomic E-state index is 12.5. The maximum Gasteiger partial charge on any atom is 0.415 e. The largest absolute Gasteiger partial charge is 0.415 e. The van der Waals surface area contributed by atoms with Crippen molar-refractivity contribution in [3.63, 3.8) is 0 Å². The molecule has 0 aliphatic carbocycles. The number of rotatable bonds is 5. The number of aliphatic hydroxyl groups is 1. The Hall–Kier alpha value is -1.11. The number of piperidine rings is 1. The zero-order valence-electron chi connectivity index (χ0n) is 13.6. The van der Waals surface area contributed by atoms with E-state index in [0.717, 1.165) is 26.1 Å². The molecule has 1 saturated heterocycles. The minimum atomic E-state index is -4.55. The van der Waals surface area contributed by atoms with Crippen molar-refractivity contribution in [1.29, 1.82) is 0 Å². The van der Waals surface area contributed by atoms with E-state index in [9.17, 15) is 18.3 Å². The number of hydrogen-bond acceptors (Lipinski definition) is 3. The molecule has 130 valence electrons. The van der Waals surface area contributed by atoms with Gasteiger partial charge in [-0.15, -0.1) is 0 Å². The van der Waals surface area contributed by atoms with E-state index < -0.39 is 12.3 Å². The van der Waals surface area contributed by atoms with Gasteiger partial charge in [0.25, 0.3) is 0 Å². The van der Waals surface area contributed by atoms with Crippen LogP contribution in [0.3, 0.4) is 0 Å².